The Hall–Kier alpha value is -0.970. The van der Waals surface area contributed by atoms with Crippen LogP contribution < -0.4 is 0 Å². The van der Waals surface area contributed by atoms with Crippen molar-refractivity contribution >= 4 is 0 Å². The molecule has 1 N–H and O–H groups in total. The van der Waals surface area contributed by atoms with Gasteiger partial charge in [0.1, 0.15) is 5.82 Å². The zero-order valence-corrected chi connectivity index (χ0v) is 9.10. The first-order valence-electron chi connectivity index (χ1n) is 5.46. The summed E-state index contributed by atoms with van der Waals surface area (Å²) < 4.78 is 18.0. The topological polar surface area (TPSA) is 32.7 Å². The van der Waals surface area contributed by atoms with Crippen LogP contribution in [0.1, 0.15) is 5.56 Å². The summed E-state index contributed by atoms with van der Waals surface area (Å²) in [5.41, 5.74) is 1.05. The van der Waals surface area contributed by atoms with E-state index in [4.69, 9.17) is 4.74 Å². The van der Waals surface area contributed by atoms with E-state index in [0.29, 0.717) is 19.8 Å². The highest BCUT2D eigenvalue weighted by molar-refractivity contribution is 5.15. The van der Waals surface area contributed by atoms with Crippen molar-refractivity contribution in [3.63, 3.8) is 0 Å². The molecule has 1 aliphatic heterocycles. The molecule has 2 rings (SSSR count). The Morgan fingerprint density at radius 2 is 2.12 bits per heavy atom. The second-order valence-corrected chi connectivity index (χ2v) is 4.09. The molecule has 0 aliphatic carbocycles. The molecule has 16 heavy (non-hydrogen) atoms. The van der Waals surface area contributed by atoms with Crippen molar-refractivity contribution in [3.8, 4) is 0 Å². The maximum Gasteiger partial charge on any atom is 0.123 e. The van der Waals surface area contributed by atoms with E-state index in [1.165, 1.54) is 12.1 Å². The van der Waals surface area contributed by atoms with Crippen LogP contribution in [0.5, 0.6) is 0 Å². The molecule has 0 saturated carbocycles. The number of hydrogen-bond donors (Lipinski definition) is 1. The average molecular weight is 225 g/mol. The van der Waals surface area contributed by atoms with Gasteiger partial charge in [-0.1, -0.05) is 12.1 Å². The third kappa shape index (κ3) is 3.27. The fourth-order valence-corrected chi connectivity index (χ4v) is 1.85. The van der Waals surface area contributed by atoms with Crippen LogP contribution in [0.4, 0.5) is 4.39 Å². The Balaban J connectivity index is 1.95. The summed E-state index contributed by atoms with van der Waals surface area (Å²) in [7, 11) is 0. The monoisotopic (exact) mass is 225 g/mol. The van der Waals surface area contributed by atoms with Crippen LogP contribution in [-0.2, 0) is 11.3 Å². The van der Waals surface area contributed by atoms with E-state index in [0.717, 1.165) is 18.7 Å². The third-order valence-corrected chi connectivity index (χ3v) is 2.65. The lowest BCUT2D eigenvalue weighted by molar-refractivity contribution is 0.0562. The quantitative estimate of drug-likeness (QED) is 0.815. The van der Waals surface area contributed by atoms with Crippen molar-refractivity contribution in [1.29, 1.82) is 0 Å². The lowest BCUT2D eigenvalue weighted by Gasteiger charge is -2.20. The zero-order valence-electron chi connectivity index (χ0n) is 9.10. The molecule has 1 aliphatic rings. The van der Waals surface area contributed by atoms with Gasteiger partial charge in [-0.2, -0.15) is 0 Å². The van der Waals surface area contributed by atoms with Gasteiger partial charge >= 0.3 is 0 Å². The normalized spacial score (nSPS) is 23.0. The minimum absolute atomic E-state index is 0.219. The van der Waals surface area contributed by atoms with E-state index in [2.05, 4.69) is 4.90 Å². The lowest BCUT2D eigenvalue weighted by atomic mass is 10.2. The number of ether oxygens (including phenoxy) is 1. The molecule has 1 saturated heterocycles. The number of hydrogen-bond acceptors (Lipinski definition) is 3. The van der Waals surface area contributed by atoms with Crippen molar-refractivity contribution in [3.05, 3.63) is 35.6 Å². The first-order chi connectivity index (χ1) is 7.74. The van der Waals surface area contributed by atoms with Gasteiger partial charge in [-0.25, -0.2) is 4.39 Å². The maximum absolute atomic E-state index is 12.7. The highest BCUT2D eigenvalue weighted by atomic mass is 19.1. The van der Waals surface area contributed by atoms with E-state index in [1.54, 1.807) is 12.1 Å². The molecule has 4 heteroatoms. The van der Waals surface area contributed by atoms with Crippen molar-refractivity contribution < 1.29 is 14.2 Å². The molecule has 88 valence electrons. The van der Waals surface area contributed by atoms with Crippen LogP contribution in [0.3, 0.4) is 0 Å². The summed E-state index contributed by atoms with van der Waals surface area (Å²) in [6, 6.07) is 6.46. The van der Waals surface area contributed by atoms with Crippen LogP contribution in [0, 0.1) is 5.82 Å². The molecule has 3 nitrogen and oxygen atoms in total. The Labute approximate surface area is 94.4 Å². The summed E-state index contributed by atoms with van der Waals surface area (Å²) in [4.78, 5) is 2.12. The van der Waals surface area contributed by atoms with E-state index in [1.807, 2.05) is 0 Å². The fourth-order valence-electron chi connectivity index (χ4n) is 1.85. The average Bonchev–Trinajstić information content (AvgIpc) is 2.46. The first-order valence-corrected chi connectivity index (χ1v) is 5.46. The van der Waals surface area contributed by atoms with Crippen molar-refractivity contribution in [2.45, 2.75) is 12.6 Å². The molecule has 0 bridgehead atoms. The fraction of sp³-hybridized carbons (Fsp3) is 0.500. The molecular formula is C12H16FNO2. The van der Waals surface area contributed by atoms with Gasteiger partial charge in [-0.05, 0) is 17.7 Å². The molecule has 0 radical (unpaired) electrons. The number of benzene rings is 1. The number of nitrogens with zero attached hydrogens (tertiary/aromatic N) is 1. The number of β-amino-alcohol motifs (C(OH)–C–C–N with tert-alkyl or cyclic N) is 1. The Bertz CT molecular complexity index is 328. The van der Waals surface area contributed by atoms with Crippen molar-refractivity contribution in [1.82, 2.24) is 4.90 Å². The first kappa shape index (κ1) is 11.5. The minimum atomic E-state index is -0.428. The summed E-state index contributed by atoms with van der Waals surface area (Å²) in [5, 5.41) is 9.56. The van der Waals surface area contributed by atoms with Gasteiger partial charge in [-0.15, -0.1) is 0 Å². The largest absolute Gasteiger partial charge is 0.389 e. The Morgan fingerprint density at radius 1 is 1.38 bits per heavy atom. The van der Waals surface area contributed by atoms with E-state index in [9.17, 15) is 9.50 Å². The zero-order chi connectivity index (χ0) is 11.4. The Morgan fingerprint density at radius 3 is 2.88 bits per heavy atom. The minimum Gasteiger partial charge on any atom is -0.389 e. The molecule has 1 aromatic rings. The lowest BCUT2D eigenvalue weighted by Crippen LogP contribution is -2.32. The predicted octanol–water partition coefficient (Wildman–Crippen LogP) is 1.02. The summed E-state index contributed by atoms with van der Waals surface area (Å²) >= 11 is 0. The smallest absolute Gasteiger partial charge is 0.123 e. The van der Waals surface area contributed by atoms with Gasteiger partial charge in [0.25, 0.3) is 0 Å². The molecule has 0 aromatic heterocycles. The van der Waals surface area contributed by atoms with Gasteiger partial charge in [0.05, 0.1) is 19.3 Å². The van der Waals surface area contributed by atoms with Crippen LogP contribution in [0.2, 0.25) is 0 Å². The standard InChI is InChI=1S/C12H16FNO2/c13-11-3-1-10(2-4-11)7-14-5-6-16-9-12(15)8-14/h1-4,12,15H,5-9H2/t12-/m0/s1. The molecule has 1 fully saturated rings. The SMILES string of the molecule is O[C@@H]1COCCN(Cc2ccc(F)cc2)C1. The van der Waals surface area contributed by atoms with Gasteiger partial charge < -0.3 is 9.84 Å². The molecule has 0 amide bonds. The van der Waals surface area contributed by atoms with Crippen LogP contribution in [-0.4, -0.2) is 42.4 Å². The van der Waals surface area contributed by atoms with Gasteiger partial charge in [0, 0.05) is 19.6 Å². The third-order valence-electron chi connectivity index (χ3n) is 2.65. The van der Waals surface area contributed by atoms with Crippen molar-refractivity contribution in [2.75, 3.05) is 26.3 Å². The number of aliphatic hydroxyl groups excluding tert-OH is 1. The molecule has 1 heterocycles. The van der Waals surface area contributed by atoms with Gasteiger partial charge in [0.2, 0.25) is 0 Å². The molecular weight excluding hydrogens is 209 g/mol. The molecule has 0 spiro atoms. The van der Waals surface area contributed by atoms with Crippen LogP contribution in [0.15, 0.2) is 24.3 Å². The highest BCUT2D eigenvalue weighted by Crippen LogP contribution is 2.09. The second-order valence-electron chi connectivity index (χ2n) is 4.09. The number of halogens is 1. The van der Waals surface area contributed by atoms with Crippen LogP contribution in [0.25, 0.3) is 0 Å². The maximum atomic E-state index is 12.7. The van der Waals surface area contributed by atoms with Gasteiger partial charge in [-0.3, -0.25) is 4.90 Å². The predicted molar refractivity (Wildman–Crippen MR) is 58.5 cm³/mol. The Kier molecular flexibility index (Phi) is 3.88. The number of rotatable bonds is 2. The highest BCUT2D eigenvalue weighted by Gasteiger charge is 2.16. The summed E-state index contributed by atoms with van der Waals surface area (Å²) in [6.07, 6.45) is -0.428. The summed E-state index contributed by atoms with van der Waals surface area (Å²) in [6.45, 7) is 3.17. The van der Waals surface area contributed by atoms with E-state index < -0.39 is 6.10 Å². The molecule has 1 aromatic carbocycles. The van der Waals surface area contributed by atoms with E-state index >= 15 is 0 Å². The van der Waals surface area contributed by atoms with Crippen LogP contribution >= 0.6 is 0 Å². The second kappa shape index (κ2) is 5.39. The summed E-state index contributed by atoms with van der Waals surface area (Å²) in [5.74, 6) is -0.219. The molecule has 0 unspecified atom stereocenters. The number of aliphatic hydroxyl groups is 1. The van der Waals surface area contributed by atoms with Gasteiger partial charge in [0.15, 0.2) is 0 Å². The molecule has 1 atom stereocenters. The van der Waals surface area contributed by atoms with Crippen molar-refractivity contribution in [2.24, 2.45) is 0 Å². The van der Waals surface area contributed by atoms with E-state index in [-0.39, 0.29) is 5.82 Å².